The summed E-state index contributed by atoms with van der Waals surface area (Å²) in [6, 6.07) is 12.4. The maximum absolute atomic E-state index is 12.5. The van der Waals surface area contributed by atoms with Crippen molar-refractivity contribution >= 4 is 62.9 Å². The predicted molar refractivity (Wildman–Crippen MR) is 159 cm³/mol. The normalized spacial score (nSPS) is 17.1. The van der Waals surface area contributed by atoms with Crippen molar-refractivity contribution in [2.24, 2.45) is 0 Å². The van der Waals surface area contributed by atoms with Gasteiger partial charge >= 0.3 is 0 Å². The number of rotatable bonds is 8. The van der Waals surface area contributed by atoms with E-state index in [0.717, 1.165) is 44.9 Å². The number of likely N-dealkylation sites (N-methyl/N-ethyl adjacent to an activating group) is 1. The number of imide groups is 1. The number of nitrogens with zero attached hydrogens (tertiary/aromatic N) is 3. The fraction of sp³-hybridized carbons (Fsp3) is 0.286. The molecule has 2 aliphatic heterocycles. The van der Waals surface area contributed by atoms with E-state index >= 15 is 0 Å². The van der Waals surface area contributed by atoms with Gasteiger partial charge < -0.3 is 15.0 Å². The monoisotopic (exact) mass is 581 g/mol. The highest BCUT2D eigenvalue weighted by molar-refractivity contribution is 7.18. The van der Waals surface area contributed by atoms with Crippen LogP contribution < -0.4 is 20.3 Å². The van der Waals surface area contributed by atoms with Crippen LogP contribution in [0.15, 0.2) is 58.9 Å². The molecule has 0 bridgehead atoms. The minimum atomic E-state index is -0.443. The molecule has 1 aromatic carbocycles. The first kappa shape index (κ1) is 27.3. The van der Waals surface area contributed by atoms with Crippen LogP contribution in [-0.4, -0.2) is 48.0 Å². The number of benzene rings is 1. The number of aromatic nitrogens is 2. The smallest absolute Gasteiger partial charge is 0.274 e. The predicted octanol–water partition coefficient (Wildman–Crippen LogP) is 5.40. The minimum Gasteiger partial charge on any atom is -0.494 e. The van der Waals surface area contributed by atoms with Crippen LogP contribution in [0.2, 0.25) is 0 Å². The zero-order valence-electron chi connectivity index (χ0n) is 21.3. The maximum atomic E-state index is 12.5. The number of anilines is 1. The number of piperidine rings is 1. The van der Waals surface area contributed by atoms with Gasteiger partial charge in [0, 0.05) is 40.5 Å². The third kappa shape index (κ3) is 5.69. The number of hydrogen-bond acceptors (Lipinski definition) is 9. The number of halogens is 1. The third-order valence-corrected chi connectivity index (χ3v) is 8.63. The molecule has 0 aliphatic carbocycles. The van der Waals surface area contributed by atoms with Gasteiger partial charge in [-0.2, -0.15) is 0 Å². The number of hydrogen-bond donors (Lipinski definition) is 2. The lowest BCUT2D eigenvalue weighted by atomic mass is 10.0. The Morgan fingerprint density at radius 3 is 2.77 bits per heavy atom. The van der Waals surface area contributed by atoms with Crippen molar-refractivity contribution in [2.45, 2.75) is 31.7 Å². The fourth-order valence-corrected chi connectivity index (χ4v) is 6.64. The van der Waals surface area contributed by atoms with Gasteiger partial charge in [0.05, 0.1) is 12.0 Å². The highest BCUT2D eigenvalue weighted by atomic mass is 35.5. The van der Waals surface area contributed by atoms with Crippen LogP contribution >= 0.6 is 35.1 Å². The first-order valence-corrected chi connectivity index (χ1v) is 14.4. The zero-order valence-corrected chi connectivity index (χ0v) is 23.8. The summed E-state index contributed by atoms with van der Waals surface area (Å²) in [5, 5.41) is 10.8. The van der Waals surface area contributed by atoms with Crippen LogP contribution in [0.4, 0.5) is 5.82 Å². The molecule has 5 heterocycles. The molecule has 0 saturated carbocycles. The van der Waals surface area contributed by atoms with Gasteiger partial charge in [0.25, 0.3) is 11.8 Å². The standard InChI is InChI=1S/C28H27N5O3S2.ClH/c1-33(21-15-23(34)30-27(21)35)26-24-20(22-9-5-13-37-22)16-38-28(24)32-25(31-26)17-6-4-8-19(14-17)36-12-10-18-7-2-3-11-29-18;/h4-6,8-9,13-16,18,29H,2-3,7,10-12H2,1H3,(H,30,34,35);1H. The SMILES string of the molecule is CN(C1=CC(=O)NC1=O)c1nc(-c2cccc(OCCC3CCCCN3)c2)nc2scc(-c3cccs3)c12.Cl. The lowest BCUT2D eigenvalue weighted by molar-refractivity contribution is -0.123. The Hall–Kier alpha value is -3.31. The van der Waals surface area contributed by atoms with E-state index in [1.807, 2.05) is 35.7 Å². The number of carbonyl (C=O) groups is 2. The maximum Gasteiger partial charge on any atom is 0.274 e. The van der Waals surface area contributed by atoms with Crippen LogP contribution in [0, 0.1) is 0 Å². The van der Waals surface area contributed by atoms with E-state index in [1.165, 1.54) is 36.7 Å². The number of thiophene rings is 2. The summed E-state index contributed by atoms with van der Waals surface area (Å²) in [7, 11) is 1.75. The van der Waals surface area contributed by atoms with Crippen molar-refractivity contribution in [1.29, 1.82) is 0 Å². The molecular weight excluding hydrogens is 554 g/mol. The van der Waals surface area contributed by atoms with Gasteiger partial charge in [0.15, 0.2) is 5.82 Å². The third-order valence-electron chi connectivity index (χ3n) is 6.86. The molecule has 1 saturated heterocycles. The second-order valence-electron chi connectivity index (χ2n) is 9.40. The van der Waals surface area contributed by atoms with Crippen molar-refractivity contribution in [3.05, 3.63) is 58.9 Å². The van der Waals surface area contributed by atoms with E-state index in [9.17, 15) is 9.59 Å². The second kappa shape index (κ2) is 11.8. The molecular formula is C28H28ClN5O3S2. The number of amides is 2. The molecule has 8 nitrogen and oxygen atoms in total. The van der Waals surface area contributed by atoms with Crippen LogP contribution in [0.25, 0.3) is 32.0 Å². The van der Waals surface area contributed by atoms with Gasteiger partial charge in [-0.05, 0) is 49.4 Å². The summed E-state index contributed by atoms with van der Waals surface area (Å²) < 4.78 is 6.09. The van der Waals surface area contributed by atoms with E-state index in [1.54, 1.807) is 23.3 Å². The zero-order chi connectivity index (χ0) is 26.1. The molecule has 11 heteroatoms. The first-order valence-electron chi connectivity index (χ1n) is 12.7. The van der Waals surface area contributed by atoms with Crippen LogP contribution in [-0.2, 0) is 9.59 Å². The van der Waals surface area contributed by atoms with Crippen molar-refractivity contribution in [3.63, 3.8) is 0 Å². The van der Waals surface area contributed by atoms with E-state index < -0.39 is 11.8 Å². The van der Waals surface area contributed by atoms with Gasteiger partial charge in [-0.1, -0.05) is 24.6 Å². The Kier molecular flexibility index (Phi) is 8.27. The fourth-order valence-electron chi connectivity index (χ4n) is 4.89. The molecule has 39 heavy (non-hydrogen) atoms. The van der Waals surface area contributed by atoms with E-state index in [4.69, 9.17) is 14.7 Å². The van der Waals surface area contributed by atoms with Crippen molar-refractivity contribution in [3.8, 4) is 27.6 Å². The summed E-state index contributed by atoms with van der Waals surface area (Å²) >= 11 is 3.17. The summed E-state index contributed by atoms with van der Waals surface area (Å²) in [6.07, 6.45) is 5.99. The number of nitrogens with one attached hydrogen (secondary N) is 2. The largest absolute Gasteiger partial charge is 0.494 e. The molecule has 1 fully saturated rings. The van der Waals surface area contributed by atoms with Crippen molar-refractivity contribution in [2.75, 3.05) is 25.1 Å². The molecule has 202 valence electrons. The van der Waals surface area contributed by atoms with E-state index in [0.29, 0.717) is 24.3 Å². The molecule has 3 aromatic heterocycles. The lowest BCUT2D eigenvalue weighted by Gasteiger charge is -2.23. The average molecular weight is 582 g/mol. The van der Waals surface area contributed by atoms with Crippen LogP contribution in [0.3, 0.4) is 0 Å². The van der Waals surface area contributed by atoms with Gasteiger partial charge in [0.1, 0.15) is 22.1 Å². The molecule has 0 spiro atoms. The van der Waals surface area contributed by atoms with Crippen molar-refractivity contribution in [1.82, 2.24) is 20.6 Å². The van der Waals surface area contributed by atoms with Crippen LogP contribution in [0.1, 0.15) is 25.7 Å². The summed E-state index contributed by atoms with van der Waals surface area (Å²) in [6.45, 7) is 1.72. The van der Waals surface area contributed by atoms with Crippen LogP contribution in [0.5, 0.6) is 5.75 Å². The number of carbonyl (C=O) groups excluding carboxylic acids is 2. The molecule has 2 aliphatic rings. The second-order valence-corrected chi connectivity index (χ2v) is 11.2. The number of ether oxygens (including phenoxy) is 1. The lowest BCUT2D eigenvalue weighted by Crippen LogP contribution is -2.35. The first-order chi connectivity index (χ1) is 18.6. The quantitative estimate of drug-likeness (QED) is 0.269. The Morgan fingerprint density at radius 1 is 1.13 bits per heavy atom. The highest BCUT2D eigenvalue weighted by Gasteiger charge is 2.28. The Labute approximate surface area is 240 Å². The number of fused-ring (bicyclic) bond motifs is 1. The molecule has 2 N–H and O–H groups in total. The summed E-state index contributed by atoms with van der Waals surface area (Å²) in [5.74, 6) is 0.996. The van der Waals surface area contributed by atoms with Gasteiger partial charge in [0.2, 0.25) is 0 Å². The summed E-state index contributed by atoms with van der Waals surface area (Å²) in [5.41, 5.74) is 2.08. The van der Waals surface area contributed by atoms with Gasteiger partial charge in [-0.25, -0.2) is 9.97 Å². The molecule has 6 rings (SSSR count). The topological polar surface area (TPSA) is 96.5 Å². The Balaban J connectivity index is 0.00000308. The highest BCUT2D eigenvalue weighted by Crippen LogP contribution is 2.41. The molecule has 0 radical (unpaired) electrons. The molecule has 1 atom stereocenters. The molecule has 1 unspecified atom stereocenters. The van der Waals surface area contributed by atoms with E-state index in [2.05, 4.69) is 22.1 Å². The molecule has 2 amide bonds. The van der Waals surface area contributed by atoms with Crippen molar-refractivity contribution < 1.29 is 14.3 Å². The van der Waals surface area contributed by atoms with Gasteiger partial charge in [-0.15, -0.1) is 35.1 Å². The average Bonchev–Trinajstić information content (AvgIpc) is 3.68. The Bertz CT molecular complexity index is 1530. The minimum absolute atomic E-state index is 0. The van der Waals surface area contributed by atoms with Gasteiger partial charge in [-0.3, -0.25) is 14.9 Å². The Morgan fingerprint density at radius 2 is 2.03 bits per heavy atom. The molecule has 4 aromatic rings. The summed E-state index contributed by atoms with van der Waals surface area (Å²) in [4.78, 5) is 37.8. The van der Waals surface area contributed by atoms with E-state index in [-0.39, 0.29) is 18.1 Å².